The number of rotatable bonds is 6. The average molecular weight is 430 g/mol. The summed E-state index contributed by atoms with van der Waals surface area (Å²) in [6.45, 7) is 1.24. The van der Waals surface area contributed by atoms with E-state index in [2.05, 4.69) is 10.3 Å². The number of amides is 2. The van der Waals surface area contributed by atoms with Crippen molar-refractivity contribution in [3.63, 3.8) is 0 Å². The van der Waals surface area contributed by atoms with Crippen LogP contribution in [0.4, 0.5) is 0 Å². The van der Waals surface area contributed by atoms with Gasteiger partial charge in [-0.05, 0) is 37.8 Å². The van der Waals surface area contributed by atoms with E-state index in [1.807, 2.05) is 23.1 Å². The predicted molar refractivity (Wildman–Crippen MR) is 114 cm³/mol. The van der Waals surface area contributed by atoms with Crippen molar-refractivity contribution in [2.45, 2.75) is 44.7 Å². The number of ether oxygens (including phenoxy) is 2. The Morgan fingerprint density at radius 1 is 1.33 bits per heavy atom. The van der Waals surface area contributed by atoms with E-state index in [0.29, 0.717) is 18.0 Å². The van der Waals surface area contributed by atoms with E-state index in [1.54, 1.807) is 25.8 Å². The van der Waals surface area contributed by atoms with Gasteiger partial charge < -0.3 is 19.7 Å². The van der Waals surface area contributed by atoms with Gasteiger partial charge in [-0.3, -0.25) is 9.59 Å². The highest BCUT2D eigenvalue weighted by Crippen LogP contribution is 2.45. The summed E-state index contributed by atoms with van der Waals surface area (Å²) in [5, 5.41) is 5.36. The van der Waals surface area contributed by atoms with Crippen LogP contribution in [-0.2, 0) is 11.3 Å². The Morgan fingerprint density at radius 2 is 2.20 bits per heavy atom. The number of carbonyl (C=O) groups excluding carboxylic acids is 2. The van der Waals surface area contributed by atoms with Crippen molar-refractivity contribution >= 4 is 23.2 Å². The summed E-state index contributed by atoms with van der Waals surface area (Å²) < 4.78 is 10.8. The molecule has 4 rings (SSSR count). The molecule has 0 bridgehead atoms. The Labute approximate surface area is 180 Å². The average Bonchev–Trinajstić information content (AvgIpc) is 3.40. The highest BCUT2D eigenvalue weighted by Gasteiger charge is 2.49. The summed E-state index contributed by atoms with van der Waals surface area (Å²) in [7, 11) is 3.25. The van der Waals surface area contributed by atoms with Gasteiger partial charge in [0.15, 0.2) is 5.01 Å². The first-order valence-electron chi connectivity index (χ1n) is 10.3. The van der Waals surface area contributed by atoms with Crippen molar-refractivity contribution in [3.8, 4) is 11.5 Å². The molecule has 1 N–H and O–H groups in total. The molecule has 1 aliphatic heterocycles. The molecular weight excluding hydrogens is 402 g/mol. The van der Waals surface area contributed by atoms with Gasteiger partial charge >= 0.3 is 0 Å². The summed E-state index contributed by atoms with van der Waals surface area (Å²) in [6.07, 6.45) is 5.87. The molecule has 2 heterocycles. The van der Waals surface area contributed by atoms with Crippen LogP contribution < -0.4 is 14.8 Å². The second-order valence-corrected chi connectivity index (χ2v) is 8.93. The Balaban J connectivity index is 1.43. The molecule has 0 radical (unpaired) electrons. The standard InChI is InChI=1S/C22H27N3O4S/c1-28-17-6-5-15(18(12-17)29-2)14-25-10-8-22(21(25)27)7-3-4-16(13-22)24-19(26)20-23-9-11-30-20/h5-6,9,11-12,16H,3-4,7-8,10,13-14H2,1-2H3,(H,24,26). The van der Waals surface area contributed by atoms with E-state index in [-0.39, 0.29) is 23.3 Å². The van der Waals surface area contributed by atoms with Crippen LogP contribution in [-0.4, -0.2) is 48.5 Å². The molecule has 30 heavy (non-hydrogen) atoms. The molecule has 1 saturated carbocycles. The highest BCUT2D eigenvalue weighted by atomic mass is 32.1. The van der Waals surface area contributed by atoms with Crippen LogP contribution in [0.3, 0.4) is 0 Å². The zero-order valence-electron chi connectivity index (χ0n) is 17.3. The molecule has 7 nitrogen and oxygen atoms in total. The molecule has 8 heteroatoms. The van der Waals surface area contributed by atoms with Crippen LogP contribution in [0.25, 0.3) is 0 Å². The van der Waals surface area contributed by atoms with Gasteiger partial charge in [-0.25, -0.2) is 4.98 Å². The van der Waals surface area contributed by atoms with Gasteiger partial charge in [-0.15, -0.1) is 11.3 Å². The minimum Gasteiger partial charge on any atom is -0.497 e. The molecular formula is C22H27N3O4S. The number of carbonyl (C=O) groups is 2. The van der Waals surface area contributed by atoms with Gasteiger partial charge in [-0.2, -0.15) is 0 Å². The van der Waals surface area contributed by atoms with Crippen molar-refractivity contribution in [2.24, 2.45) is 5.41 Å². The Morgan fingerprint density at radius 3 is 2.93 bits per heavy atom. The SMILES string of the molecule is COc1ccc(CN2CCC3(CCCC(NC(=O)c4nccs4)C3)C2=O)c(OC)c1. The number of hydrogen-bond acceptors (Lipinski definition) is 6. The predicted octanol–water partition coefficient (Wildman–Crippen LogP) is 3.25. The summed E-state index contributed by atoms with van der Waals surface area (Å²) >= 11 is 1.33. The van der Waals surface area contributed by atoms with Crippen molar-refractivity contribution in [3.05, 3.63) is 40.3 Å². The fourth-order valence-electron chi connectivity index (χ4n) is 4.72. The maximum absolute atomic E-state index is 13.4. The molecule has 1 spiro atoms. The van der Waals surface area contributed by atoms with E-state index in [1.165, 1.54) is 11.3 Å². The highest BCUT2D eigenvalue weighted by molar-refractivity contribution is 7.11. The van der Waals surface area contributed by atoms with Crippen molar-refractivity contribution in [2.75, 3.05) is 20.8 Å². The number of hydrogen-bond donors (Lipinski definition) is 1. The third kappa shape index (κ3) is 4.01. The fraction of sp³-hybridized carbons (Fsp3) is 0.500. The maximum atomic E-state index is 13.4. The van der Waals surface area contributed by atoms with Gasteiger partial charge in [0.2, 0.25) is 5.91 Å². The van der Waals surface area contributed by atoms with Crippen LogP contribution in [0, 0.1) is 5.41 Å². The summed E-state index contributed by atoms with van der Waals surface area (Å²) in [5.74, 6) is 1.50. The number of benzene rings is 1. The van der Waals surface area contributed by atoms with Crippen LogP contribution in [0.2, 0.25) is 0 Å². The van der Waals surface area contributed by atoms with Gasteiger partial charge in [-0.1, -0.05) is 6.42 Å². The first-order valence-corrected chi connectivity index (χ1v) is 11.1. The largest absolute Gasteiger partial charge is 0.497 e. The first-order chi connectivity index (χ1) is 14.5. The molecule has 2 aliphatic rings. The van der Waals surface area contributed by atoms with E-state index < -0.39 is 0 Å². The number of nitrogens with one attached hydrogen (secondary N) is 1. The second-order valence-electron chi connectivity index (χ2n) is 8.04. The third-order valence-electron chi connectivity index (χ3n) is 6.26. The monoisotopic (exact) mass is 429 g/mol. The molecule has 1 aromatic heterocycles. The second kappa shape index (κ2) is 8.63. The van der Waals surface area contributed by atoms with Crippen molar-refractivity contribution < 1.29 is 19.1 Å². The lowest BCUT2D eigenvalue weighted by Gasteiger charge is -2.36. The summed E-state index contributed by atoms with van der Waals surface area (Å²) in [4.78, 5) is 31.8. The zero-order chi connectivity index (χ0) is 21.1. The normalized spacial score (nSPS) is 23.6. The Hall–Kier alpha value is -2.61. The van der Waals surface area contributed by atoms with E-state index >= 15 is 0 Å². The summed E-state index contributed by atoms with van der Waals surface area (Å²) in [6, 6.07) is 5.69. The Kier molecular flexibility index (Phi) is 5.94. The Bertz CT molecular complexity index is 917. The lowest BCUT2D eigenvalue weighted by molar-refractivity contribution is -0.138. The van der Waals surface area contributed by atoms with Crippen molar-refractivity contribution in [1.82, 2.24) is 15.2 Å². The fourth-order valence-corrected chi connectivity index (χ4v) is 5.26. The van der Waals surface area contributed by atoms with Gasteiger partial charge in [0.1, 0.15) is 11.5 Å². The first kappa shape index (κ1) is 20.7. The van der Waals surface area contributed by atoms with Crippen LogP contribution >= 0.6 is 11.3 Å². The smallest absolute Gasteiger partial charge is 0.280 e. The van der Waals surface area contributed by atoms with Crippen LogP contribution in [0.1, 0.15) is 47.5 Å². The molecule has 160 valence electrons. The molecule has 2 aromatic rings. The topological polar surface area (TPSA) is 80.8 Å². The number of aromatic nitrogens is 1. The molecule has 2 amide bonds. The lowest BCUT2D eigenvalue weighted by Crippen LogP contribution is -2.45. The van der Waals surface area contributed by atoms with Crippen LogP contribution in [0.5, 0.6) is 11.5 Å². The number of nitrogens with zero attached hydrogens (tertiary/aromatic N) is 2. The molecule has 2 atom stereocenters. The van der Waals surface area contributed by atoms with E-state index in [4.69, 9.17) is 9.47 Å². The minimum atomic E-state index is -0.376. The molecule has 2 unspecified atom stereocenters. The summed E-state index contributed by atoms with van der Waals surface area (Å²) in [5.41, 5.74) is 0.590. The minimum absolute atomic E-state index is 0.00886. The number of likely N-dealkylation sites (tertiary alicyclic amines) is 1. The molecule has 1 aliphatic carbocycles. The van der Waals surface area contributed by atoms with Crippen LogP contribution in [0.15, 0.2) is 29.8 Å². The maximum Gasteiger partial charge on any atom is 0.280 e. The van der Waals surface area contributed by atoms with Gasteiger partial charge in [0.25, 0.3) is 5.91 Å². The molecule has 1 saturated heterocycles. The zero-order valence-corrected chi connectivity index (χ0v) is 18.2. The molecule has 1 aromatic carbocycles. The van der Waals surface area contributed by atoms with Gasteiger partial charge in [0.05, 0.1) is 19.6 Å². The van der Waals surface area contributed by atoms with E-state index in [9.17, 15) is 9.59 Å². The number of thiazole rings is 1. The quantitative estimate of drug-likeness (QED) is 0.762. The van der Waals surface area contributed by atoms with Crippen molar-refractivity contribution in [1.29, 1.82) is 0 Å². The third-order valence-corrected chi connectivity index (χ3v) is 7.04. The molecule has 2 fully saturated rings. The van der Waals surface area contributed by atoms with Gasteiger partial charge in [0, 0.05) is 42.3 Å². The number of methoxy groups -OCH3 is 2. The van der Waals surface area contributed by atoms with E-state index in [0.717, 1.165) is 49.3 Å². The lowest BCUT2D eigenvalue weighted by atomic mass is 9.71.